The van der Waals surface area contributed by atoms with Crippen molar-refractivity contribution >= 4 is 11.9 Å². The van der Waals surface area contributed by atoms with Crippen molar-refractivity contribution in [3.63, 3.8) is 0 Å². The summed E-state index contributed by atoms with van der Waals surface area (Å²) in [6, 6.07) is 15.2. The second kappa shape index (κ2) is 9.74. The maximum atomic E-state index is 14.3. The Bertz CT molecular complexity index is 1260. The minimum Gasteiger partial charge on any atom is -0.493 e. The van der Waals surface area contributed by atoms with E-state index >= 15 is 0 Å². The molecule has 1 amide bonds. The molecule has 35 heavy (non-hydrogen) atoms. The third-order valence-corrected chi connectivity index (χ3v) is 5.93. The first-order valence-electron chi connectivity index (χ1n) is 11.1. The summed E-state index contributed by atoms with van der Waals surface area (Å²) in [4.78, 5) is 26.0. The number of amides is 1. The molecular weight excluding hydrogens is 456 g/mol. The van der Waals surface area contributed by atoms with Crippen LogP contribution in [0, 0.1) is 11.6 Å². The molecule has 0 aliphatic carbocycles. The fourth-order valence-corrected chi connectivity index (χ4v) is 4.37. The summed E-state index contributed by atoms with van der Waals surface area (Å²) in [7, 11) is 1.45. The molecule has 8 heteroatoms. The van der Waals surface area contributed by atoms with E-state index in [1.54, 1.807) is 24.3 Å². The van der Waals surface area contributed by atoms with Crippen molar-refractivity contribution in [3.8, 4) is 11.5 Å². The SMILES string of the molecule is COc1cc(C(=O)N(CC(=O)O)Cc2ccc(F)cc2)cc2c1O[C@](C)(Cc1ccccc1F)C2. The number of carboxylic acid groups (broad SMARTS) is 1. The van der Waals surface area contributed by atoms with Crippen LogP contribution in [0.5, 0.6) is 11.5 Å². The summed E-state index contributed by atoms with van der Waals surface area (Å²) in [6.45, 7) is 1.33. The molecule has 0 saturated carbocycles. The molecule has 0 fully saturated rings. The summed E-state index contributed by atoms with van der Waals surface area (Å²) in [5.74, 6) is -1.62. The zero-order valence-corrected chi connectivity index (χ0v) is 19.4. The van der Waals surface area contributed by atoms with E-state index in [-0.39, 0.29) is 17.9 Å². The number of carbonyl (C=O) groups is 2. The van der Waals surface area contributed by atoms with Crippen molar-refractivity contribution in [1.29, 1.82) is 0 Å². The van der Waals surface area contributed by atoms with Gasteiger partial charge in [-0.25, -0.2) is 8.78 Å². The van der Waals surface area contributed by atoms with Gasteiger partial charge in [0, 0.05) is 30.5 Å². The number of carboxylic acids is 1. The van der Waals surface area contributed by atoms with Crippen molar-refractivity contribution in [1.82, 2.24) is 4.90 Å². The highest BCUT2D eigenvalue weighted by Crippen LogP contribution is 2.44. The summed E-state index contributed by atoms with van der Waals surface area (Å²) in [6.07, 6.45) is 0.724. The Morgan fingerprint density at radius 3 is 2.49 bits per heavy atom. The summed E-state index contributed by atoms with van der Waals surface area (Å²) < 4.78 is 39.2. The molecule has 1 N–H and O–H groups in total. The van der Waals surface area contributed by atoms with Crippen LogP contribution in [0.2, 0.25) is 0 Å². The molecule has 3 aromatic rings. The van der Waals surface area contributed by atoms with Gasteiger partial charge in [0.15, 0.2) is 11.5 Å². The number of hydrogen-bond acceptors (Lipinski definition) is 4. The number of benzene rings is 3. The molecule has 182 valence electrons. The van der Waals surface area contributed by atoms with Gasteiger partial charge in [0.2, 0.25) is 0 Å². The predicted molar refractivity (Wildman–Crippen MR) is 125 cm³/mol. The third kappa shape index (κ3) is 5.42. The van der Waals surface area contributed by atoms with Gasteiger partial charge in [0.1, 0.15) is 23.8 Å². The van der Waals surface area contributed by atoms with E-state index in [4.69, 9.17) is 9.47 Å². The predicted octanol–water partition coefficient (Wildman–Crippen LogP) is 4.64. The van der Waals surface area contributed by atoms with Crippen LogP contribution >= 0.6 is 0 Å². The van der Waals surface area contributed by atoms with Crippen LogP contribution in [0.3, 0.4) is 0 Å². The van der Waals surface area contributed by atoms with Gasteiger partial charge < -0.3 is 19.5 Å². The molecule has 0 bridgehead atoms. The number of methoxy groups -OCH3 is 1. The van der Waals surface area contributed by atoms with E-state index in [9.17, 15) is 23.5 Å². The summed E-state index contributed by atoms with van der Waals surface area (Å²) in [5, 5.41) is 9.36. The molecule has 1 aliphatic heterocycles. The molecule has 1 aliphatic rings. The van der Waals surface area contributed by atoms with Crippen molar-refractivity contribution in [2.45, 2.75) is 31.9 Å². The van der Waals surface area contributed by atoms with Crippen LogP contribution in [0.25, 0.3) is 0 Å². The van der Waals surface area contributed by atoms with Crippen molar-refractivity contribution in [2.24, 2.45) is 0 Å². The van der Waals surface area contributed by atoms with Gasteiger partial charge in [-0.1, -0.05) is 30.3 Å². The van der Waals surface area contributed by atoms with E-state index in [1.807, 2.05) is 6.92 Å². The highest BCUT2D eigenvalue weighted by atomic mass is 19.1. The fourth-order valence-electron chi connectivity index (χ4n) is 4.37. The van der Waals surface area contributed by atoms with E-state index in [1.165, 1.54) is 48.4 Å². The maximum Gasteiger partial charge on any atom is 0.323 e. The van der Waals surface area contributed by atoms with Crippen LogP contribution in [0.4, 0.5) is 8.78 Å². The molecule has 6 nitrogen and oxygen atoms in total. The van der Waals surface area contributed by atoms with Gasteiger partial charge in [-0.2, -0.15) is 0 Å². The topological polar surface area (TPSA) is 76.1 Å². The Balaban J connectivity index is 1.62. The average Bonchev–Trinajstić information content (AvgIpc) is 3.16. The minimum absolute atomic E-state index is 0.00763. The zero-order chi connectivity index (χ0) is 25.2. The van der Waals surface area contributed by atoms with Gasteiger partial charge in [-0.05, 0) is 48.4 Å². The van der Waals surface area contributed by atoms with Crippen LogP contribution in [-0.4, -0.2) is 41.1 Å². The monoisotopic (exact) mass is 481 g/mol. The lowest BCUT2D eigenvalue weighted by Gasteiger charge is -2.24. The molecule has 0 saturated heterocycles. The van der Waals surface area contributed by atoms with Gasteiger partial charge in [-0.15, -0.1) is 0 Å². The lowest BCUT2D eigenvalue weighted by atomic mass is 9.91. The molecule has 0 aromatic heterocycles. The fraction of sp³-hybridized carbons (Fsp3) is 0.259. The highest BCUT2D eigenvalue weighted by Gasteiger charge is 2.38. The standard InChI is InChI=1S/C27H25F2NO5/c1-27(13-18-5-3-4-6-22(18)29)14-20-11-19(12-23(34-2)25(20)35-27)26(33)30(16-24(31)32)15-17-7-9-21(28)10-8-17/h3-12H,13-16H2,1-2H3,(H,31,32)/t27-/m1/s1. The molecule has 1 atom stereocenters. The summed E-state index contributed by atoms with van der Waals surface area (Å²) in [5.41, 5.74) is 1.31. The Kier molecular flexibility index (Phi) is 6.73. The number of hydrogen-bond donors (Lipinski definition) is 1. The first-order valence-corrected chi connectivity index (χ1v) is 11.1. The Morgan fingerprint density at radius 1 is 1.11 bits per heavy atom. The Hall–Kier alpha value is -3.94. The first kappa shape index (κ1) is 24.2. The molecular formula is C27H25F2NO5. The average molecular weight is 481 g/mol. The maximum absolute atomic E-state index is 14.3. The van der Waals surface area contributed by atoms with E-state index < -0.39 is 29.8 Å². The minimum atomic E-state index is -1.17. The normalized spacial score (nSPS) is 16.3. The number of rotatable bonds is 8. The van der Waals surface area contributed by atoms with Crippen molar-refractivity contribution in [3.05, 3.63) is 94.6 Å². The largest absolute Gasteiger partial charge is 0.493 e. The molecule has 4 rings (SSSR count). The van der Waals surface area contributed by atoms with Crippen molar-refractivity contribution in [2.75, 3.05) is 13.7 Å². The quantitative estimate of drug-likeness (QED) is 0.508. The summed E-state index contributed by atoms with van der Waals surface area (Å²) >= 11 is 0. The number of halogens is 2. The lowest BCUT2D eigenvalue weighted by Crippen LogP contribution is -2.35. The van der Waals surface area contributed by atoms with Crippen LogP contribution in [0.15, 0.2) is 60.7 Å². The van der Waals surface area contributed by atoms with E-state index in [0.717, 1.165) is 0 Å². The zero-order valence-electron chi connectivity index (χ0n) is 19.4. The Labute approximate surface area is 201 Å². The van der Waals surface area contributed by atoms with E-state index in [0.29, 0.717) is 41.0 Å². The molecule has 0 radical (unpaired) electrons. The molecule has 3 aromatic carbocycles. The van der Waals surface area contributed by atoms with Crippen molar-refractivity contribution < 1.29 is 33.0 Å². The number of aliphatic carboxylic acids is 1. The first-order chi connectivity index (χ1) is 16.7. The third-order valence-electron chi connectivity index (χ3n) is 5.93. The lowest BCUT2D eigenvalue weighted by molar-refractivity contribution is -0.137. The number of carbonyl (C=O) groups excluding carboxylic acids is 1. The number of ether oxygens (including phenoxy) is 2. The van der Waals surface area contributed by atoms with Gasteiger partial charge in [-0.3, -0.25) is 9.59 Å². The van der Waals surface area contributed by atoms with Crippen LogP contribution in [-0.2, 0) is 24.2 Å². The molecule has 0 spiro atoms. The van der Waals surface area contributed by atoms with Gasteiger partial charge >= 0.3 is 5.97 Å². The van der Waals surface area contributed by atoms with Crippen LogP contribution < -0.4 is 9.47 Å². The molecule has 1 heterocycles. The Morgan fingerprint density at radius 2 is 1.83 bits per heavy atom. The highest BCUT2D eigenvalue weighted by molar-refractivity contribution is 5.97. The van der Waals surface area contributed by atoms with E-state index in [2.05, 4.69) is 0 Å². The number of nitrogens with zero attached hydrogens (tertiary/aromatic N) is 1. The second-order valence-corrected chi connectivity index (χ2v) is 8.85. The number of fused-ring (bicyclic) bond motifs is 1. The van der Waals surface area contributed by atoms with Gasteiger partial charge in [0.05, 0.1) is 7.11 Å². The van der Waals surface area contributed by atoms with Gasteiger partial charge in [0.25, 0.3) is 5.91 Å². The second-order valence-electron chi connectivity index (χ2n) is 8.85. The molecule has 0 unspecified atom stereocenters. The smallest absolute Gasteiger partial charge is 0.323 e. The van der Waals surface area contributed by atoms with Crippen LogP contribution in [0.1, 0.15) is 34.0 Å².